The number of hydrogen-bond donors (Lipinski definition) is 1. The van der Waals surface area contributed by atoms with Crippen molar-refractivity contribution in [2.24, 2.45) is 0 Å². The molecule has 3 aromatic rings. The van der Waals surface area contributed by atoms with Gasteiger partial charge in [0.25, 0.3) is 5.91 Å². The van der Waals surface area contributed by atoms with Gasteiger partial charge in [-0.05, 0) is 46.2 Å². The minimum Gasteiger partial charge on any atom is -0.349 e. The number of para-hydroxylation sites is 1. The molecule has 0 saturated heterocycles. The summed E-state index contributed by atoms with van der Waals surface area (Å²) >= 11 is 0. The highest BCUT2D eigenvalue weighted by atomic mass is 16.2. The first kappa shape index (κ1) is 20.1. The molecule has 2 amide bonds. The van der Waals surface area contributed by atoms with Crippen LogP contribution in [0.1, 0.15) is 50.7 Å². The number of carbonyl (C=O) groups is 2. The molecule has 0 fully saturated rings. The zero-order valence-corrected chi connectivity index (χ0v) is 18.1. The predicted molar refractivity (Wildman–Crippen MR) is 119 cm³/mol. The second-order valence-electron chi connectivity index (χ2n) is 9.35. The first-order chi connectivity index (χ1) is 14.1. The molecule has 1 N–H and O–H groups in total. The normalized spacial score (nSPS) is 14.2. The van der Waals surface area contributed by atoms with Crippen LogP contribution in [-0.2, 0) is 11.3 Å². The van der Waals surface area contributed by atoms with Crippen molar-refractivity contribution >= 4 is 22.7 Å². The van der Waals surface area contributed by atoms with Crippen LogP contribution in [0.4, 0.5) is 0 Å². The summed E-state index contributed by atoms with van der Waals surface area (Å²) in [6, 6.07) is 17.8. The number of carbonyl (C=O) groups excluding carboxylic acids is 2. The monoisotopic (exact) mass is 401 g/mol. The zero-order chi connectivity index (χ0) is 21.7. The maximum absolute atomic E-state index is 13.7. The van der Waals surface area contributed by atoms with Crippen molar-refractivity contribution in [2.45, 2.75) is 52.2 Å². The lowest BCUT2D eigenvalue weighted by molar-refractivity contribution is -0.132. The molecule has 154 valence electrons. The van der Waals surface area contributed by atoms with E-state index in [2.05, 4.69) is 5.32 Å². The van der Waals surface area contributed by atoms with Gasteiger partial charge in [-0.2, -0.15) is 0 Å². The third-order valence-corrected chi connectivity index (χ3v) is 5.52. The van der Waals surface area contributed by atoms with Crippen molar-refractivity contribution in [3.8, 4) is 11.1 Å². The Hall–Kier alpha value is -3.21. The fourth-order valence-electron chi connectivity index (χ4n) is 3.94. The highest BCUT2D eigenvalue weighted by Gasteiger charge is 2.45. The summed E-state index contributed by atoms with van der Waals surface area (Å²) in [6.45, 7) is 9.69. The Kier molecular flexibility index (Phi) is 4.64. The van der Waals surface area contributed by atoms with Crippen LogP contribution in [0.5, 0.6) is 0 Å². The summed E-state index contributed by atoms with van der Waals surface area (Å²) in [6.07, 6.45) is 0. The van der Waals surface area contributed by atoms with Gasteiger partial charge in [-0.25, -0.2) is 0 Å². The number of nitrogens with one attached hydrogen (secondary N) is 1. The van der Waals surface area contributed by atoms with Gasteiger partial charge in [-0.1, -0.05) is 48.5 Å². The SMILES string of the molecule is CC(C)(C)NC(=O)C(C)(C)N1Cc2nc3ccccc3c(-c3ccccc3)c2C1=O. The summed E-state index contributed by atoms with van der Waals surface area (Å²) in [4.78, 5) is 33.1. The van der Waals surface area contributed by atoms with Crippen molar-refractivity contribution < 1.29 is 9.59 Å². The molecule has 1 aliphatic heterocycles. The standard InChI is InChI=1S/C25H27N3O2/c1-24(2,3)27-23(30)25(4,5)28-15-19-21(22(28)29)20(16-11-7-6-8-12-16)17-13-9-10-14-18(17)26-19/h6-14H,15H2,1-5H3,(H,27,30). The quantitative estimate of drug-likeness (QED) is 0.700. The molecule has 0 radical (unpaired) electrons. The van der Waals surface area contributed by atoms with Gasteiger partial charge in [0.1, 0.15) is 5.54 Å². The predicted octanol–water partition coefficient (Wildman–Crippen LogP) is 4.55. The fraction of sp³-hybridized carbons (Fsp3) is 0.320. The lowest BCUT2D eigenvalue weighted by Crippen LogP contribution is -2.58. The average Bonchev–Trinajstić information content (AvgIpc) is 3.02. The van der Waals surface area contributed by atoms with E-state index in [0.717, 1.165) is 22.0 Å². The van der Waals surface area contributed by atoms with Gasteiger partial charge in [0, 0.05) is 16.5 Å². The summed E-state index contributed by atoms with van der Waals surface area (Å²) in [7, 11) is 0. The molecule has 5 nitrogen and oxygen atoms in total. The Bertz CT molecular complexity index is 1140. The van der Waals surface area contributed by atoms with E-state index in [1.165, 1.54) is 0 Å². The number of amides is 2. The second kappa shape index (κ2) is 6.94. The number of rotatable bonds is 3. The molecule has 0 unspecified atom stereocenters. The van der Waals surface area contributed by atoms with E-state index in [1.807, 2.05) is 75.4 Å². The van der Waals surface area contributed by atoms with Crippen LogP contribution in [0, 0.1) is 0 Å². The number of aromatic nitrogens is 1. The lowest BCUT2D eigenvalue weighted by Gasteiger charge is -2.36. The Morgan fingerprint density at radius 2 is 1.57 bits per heavy atom. The van der Waals surface area contributed by atoms with Crippen molar-refractivity contribution in [3.63, 3.8) is 0 Å². The Morgan fingerprint density at radius 3 is 2.23 bits per heavy atom. The smallest absolute Gasteiger partial charge is 0.257 e. The third kappa shape index (κ3) is 3.34. The van der Waals surface area contributed by atoms with Gasteiger partial charge in [0.15, 0.2) is 0 Å². The van der Waals surface area contributed by atoms with Gasteiger partial charge in [-0.15, -0.1) is 0 Å². The molecule has 0 spiro atoms. The zero-order valence-electron chi connectivity index (χ0n) is 18.1. The molecule has 5 heteroatoms. The van der Waals surface area contributed by atoms with Crippen LogP contribution in [0.3, 0.4) is 0 Å². The molecule has 2 aromatic carbocycles. The summed E-state index contributed by atoms with van der Waals surface area (Å²) in [5, 5.41) is 3.95. The van der Waals surface area contributed by atoms with Crippen molar-refractivity contribution in [1.29, 1.82) is 0 Å². The Labute approximate surface area is 177 Å². The number of fused-ring (bicyclic) bond motifs is 2. The molecule has 0 atom stereocenters. The minimum atomic E-state index is -1.01. The highest BCUT2D eigenvalue weighted by Crippen LogP contribution is 2.39. The van der Waals surface area contributed by atoms with Gasteiger partial charge in [-0.3, -0.25) is 14.6 Å². The van der Waals surface area contributed by atoms with E-state index in [-0.39, 0.29) is 17.4 Å². The number of nitrogens with zero attached hydrogens (tertiary/aromatic N) is 2. The molecular formula is C25H27N3O2. The lowest BCUT2D eigenvalue weighted by atomic mass is 9.94. The number of benzene rings is 2. The van der Waals surface area contributed by atoms with Crippen LogP contribution < -0.4 is 5.32 Å². The van der Waals surface area contributed by atoms with E-state index in [0.29, 0.717) is 17.8 Å². The maximum atomic E-state index is 13.7. The molecule has 0 aliphatic carbocycles. The van der Waals surface area contributed by atoms with E-state index in [1.54, 1.807) is 18.7 Å². The molecular weight excluding hydrogens is 374 g/mol. The minimum absolute atomic E-state index is 0.156. The van der Waals surface area contributed by atoms with Gasteiger partial charge >= 0.3 is 0 Å². The molecule has 0 saturated carbocycles. The first-order valence-electron chi connectivity index (χ1n) is 10.2. The van der Waals surface area contributed by atoms with E-state index in [9.17, 15) is 9.59 Å². The summed E-state index contributed by atoms with van der Waals surface area (Å²) in [5.41, 5.74) is 2.62. The van der Waals surface area contributed by atoms with Crippen LogP contribution >= 0.6 is 0 Å². The molecule has 1 aliphatic rings. The van der Waals surface area contributed by atoms with Gasteiger partial charge < -0.3 is 10.2 Å². The van der Waals surface area contributed by atoms with Gasteiger partial charge in [0.2, 0.25) is 5.91 Å². The molecule has 1 aromatic heterocycles. The van der Waals surface area contributed by atoms with E-state index in [4.69, 9.17) is 4.98 Å². The summed E-state index contributed by atoms with van der Waals surface area (Å²) < 4.78 is 0. The average molecular weight is 402 g/mol. The number of pyridine rings is 1. The molecule has 30 heavy (non-hydrogen) atoms. The van der Waals surface area contributed by atoms with E-state index < -0.39 is 5.54 Å². The highest BCUT2D eigenvalue weighted by molar-refractivity contribution is 6.12. The van der Waals surface area contributed by atoms with Crippen molar-refractivity contribution in [2.75, 3.05) is 0 Å². The fourth-order valence-corrected chi connectivity index (χ4v) is 3.94. The second-order valence-corrected chi connectivity index (χ2v) is 9.35. The Balaban J connectivity index is 1.86. The largest absolute Gasteiger partial charge is 0.349 e. The molecule has 0 bridgehead atoms. The Morgan fingerprint density at radius 1 is 0.933 bits per heavy atom. The topological polar surface area (TPSA) is 62.3 Å². The van der Waals surface area contributed by atoms with Crippen LogP contribution in [0.15, 0.2) is 54.6 Å². The van der Waals surface area contributed by atoms with Crippen LogP contribution in [-0.4, -0.2) is 32.8 Å². The third-order valence-electron chi connectivity index (χ3n) is 5.52. The van der Waals surface area contributed by atoms with Crippen LogP contribution in [0.2, 0.25) is 0 Å². The first-order valence-corrected chi connectivity index (χ1v) is 10.2. The number of hydrogen-bond acceptors (Lipinski definition) is 3. The van der Waals surface area contributed by atoms with Crippen molar-refractivity contribution in [1.82, 2.24) is 15.2 Å². The van der Waals surface area contributed by atoms with E-state index >= 15 is 0 Å². The molecule has 2 heterocycles. The van der Waals surface area contributed by atoms with Crippen molar-refractivity contribution in [3.05, 3.63) is 65.9 Å². The maximum Gasteiger partial charge on any atom is 0.257 e. The van der Waals surface area contributed by atoms with Gasteiger partial charge in [0.05, 0.1) is 23.3 Å². The van der Waals surface area contributed by atoms with Crippen LogP contribution in [0.25, 0.3) is 22.0 Å². The molecule has 4 rings (SSSR count). The summed E-state index contributed by atoms with van der Waals surface area (Å²) in [5.74, 6) is -0.335.